The van der Waals surface area contributed by atoms with Gasteiger partial charge >= 0.3 is 0 Å². The summed E-state index contributed by atoms with van der Waals surface area (Å²) in [6, 6.07) is 7.68. The van der Waals surface area contributed by atoms with E-state index >= 15 is 0 Å². The lowest BCUT2D eigenvalue weighted by atomic mass is 9.83. The van der Waals surface area contributed by atoms with Crippen molar-refractivity contribution in [1.82, 2.24) is 4.90 Å². The average molecular weight is 316 g/mol. The number of thiocarbonyl (C=S) groups is 1. The molecule has 1 aliphatic rings. The SMILES string of the molecule is CC(C)(C)C1(O)CSC(=S)N1Cc1cccc(Cl)c1. The smallest absolute Gasteiger partial charge is 0.153 e. The van der Waals surface area contributed by atoms with Crippen LogP contribution in [0.4, 0.5) is 0 Å². The van der Waals surface area contributed by atoms with E-state index in [1.807, 2.05) is 49.9 Å². The summed E-state index contributed by atoms with van der Waals surface area (Å²) in [6.45, 7) is 6.69. The molecule has 0 spiro atoms. The molecule has 0 aliphatic carbocycles. The Morgan fingerprint density at radius 3 is 2.74 bits per heavy atom. The molecule has 1 atom stereocenters. The van der Waals surface area contributed by atoms with Gasteiger partial charge in [0.1, 0.15) is 4.32 Å². The van der Waals surface area contributed by atoms with Crippen LogP contribution in [-0.4, -0.2) is 25.8 Å². The first-order chi connectivity index (χ1) is 8.74. The van der Waals surface area contributed by atoms with Gasteiger partial charge in [0.25, 0.3) is 0 Å². The van der Waals surface area contributed by atoms with E-state index in [1.165, 1.54) is 11.8 Å². The van der Waals surface area contributed by atoms with Gasteiger partial charge in [0.2, 0.25) is 0 Å². The highest BCUT2D eigenvalue weighted by atomic mass is 35.5. The number of aliphatic hydroxyl groups is 1. The Kier molecular flexibility index (Phi) is 4.17. The topological polar surface area (TPSA) is 23.5 Å². The van der Waals surface area contributed by atoms with Gasteiger partial charge in [-0.2, -0.15) is 0 Å². The lowest BCUT2D eigenvalue weighted by Crippen LogP contribution is -2.55. The molecule has 1 N–H and O–H groups in total. The third kappa shape index (κ3) is 2.92. The lowest BCUT2D eigenvalue weighted by molar-refractivity contribution is -0.126. The summed E-state index contributed by atoms with van der Waals surface area (Å²) in [5.74, 6) is 0.607. The van der Waals surface area contributed by atoms with E-state index in [-0.39, 0.29) is 5.41 Å². The van der Waals surface area contributed by atoms with Crippen LogP contribution in [-0.2, 0) is 6.54 Å². The van der Waals surface area contributed by atoms with Crippen molar-refractivity contribution >= 4 is 39.9 Å². The monoisotopic (exact) mass is 315 g/mol. The number of hydrogen-bond donors (Lipinski definition) is 1. The molecule has 1 aromatic rings. The van der Waals surface area contributed by atoms with E-state index in [2.05, 4.69) is 0 Å². The van der Waals surface area contributed by atoms with Crippen LogP contribution in [0, 0.1) is 5.41 Å². The highest BCUT2D eigenvalue weighted by Gasteiger charge is 2.50. The molecule has 0 bridgehead atoms. The van der Waals surface area contributed by atoms with Crippen molar-refractivity contribution in [3.8, 4) is 0 Å². The average Bonchev–Trinajstić information content (AvgIpc) is 2.58. The van der Waals surface area contributed by atoms with Crippen LogP contribution in [0.25, 0.3) is 0 Å². The Balaban J connectivity index is 2.29. The van der Waals surface area contributed by atoms with E-state index in [4.69, 9.17) is 23.8 Å². The molecule has 1 aromatic carbocycles. The molecule has 0 amide bonds. The normalized spacial score (nSPS) is 24.1. The molecule has 2 nitrogen and oxygen atoms in total. The summed E-state index contributed by atoms with van der Waals surface area (Å²) in [5, 5.41) is 11.7. The van der Waals surface area contributed by atoms with Crippen LogP contribution < -0.4 is 0 Å². The Morgan fingerprint density at radius 2 is 2.16 bits per heavy atom. The van der Waals surface area contributed by atoms with Crippen molar-refractivity contribution in [2.24, 2.45) is 5.41 Å². The largest absolute Gasteiger partial charge is 0.369 e. The minimum absolute atomic E-state index is 0.265. The molecular formula is C14H18ClNOS2. The maximum Gasteiger partial charge on any atom is 0.153 e. The molecule has 5 heteroatoms. The van der Waals surface area contributed by atoms with Crippen molar-refractivity contribution in [2.45, 2.75) is 33.0 Å². The highest BCUT2D eigenvalue weighted by molar-refractivity contribution is 8.23. The van der Waals surface area contributed by atoms with Gasteiger partial charge in [0.15, 0.2) is 5.72 Å². The molecule has 2 rings (SSSR count). The summed E-state index contributed by atoms with van der Waals surface area (Å²) in [4.78, 5) is 1.92. The Hall–Kier alpha value is -0.290. The number of rotatable bonds is 2. The van der Waals surface area contributed by atoms with Crippen LogP contribution in [0.3, 0.4) is 0 Å². The second-order valence-electron chi connectivity index (χ2n) is 5.84. The molecule has 0 saturated carbocycles. The van der Waals surface area contributed by atoms with Gasteiger partial charge in [-0.1, -0.05) is 68.5 Å². The zero-order valence-corrected chi connectivity index (χ0v) is 13.7. The summed E-state index contributed by atoms with van der Waals surface area (Å²) >= 11 is 12.9. The molecule has 0 radical (unpaired) electrons. The van der Waals surface area contributed by atoms with Gasteiger partial charge in [0.05, 0.1) is 0 Å². The summed E-state index contributed by atoms with van der Waals surface area (Å²) in [7, 11) is 0. The van der Waals surface area contributed by atoms with Crippen molar-refractivity contribution in [1.29, 1.82) is 0 Å². The minimum Gasteiger partial charge on any atom is -0.369 e. The third-order valence-electron chi connectivity index (χ3n) is 3.49. The van der Waals surface area contributed by atoms with E-state index in [0.717, 1.165) is 9.88 Å². The van der Waals surface area contributed by atoms with Crippen LogP contribution in [0.5, 0.6) is 0 Å². The lowest BCUT2D eigenvalue weighted by Gasteiger charge is -2.43. The van der Waals surface area contributed by atoms with Crippen molar-refractivity contribution in [2.75, 3.05) is 5.75 Å². The second kappa shape index (κ2) is 5.24. The first-order valence-corrected chi connectivity index (χ1v) is 7.92. The van der Waals surface area contributed by atoms with E-state index < -0.39 is 5.72 Å². The zero-order valence-electron chi connectivity index (χ0n) is 11.3. The van der Waals surface area contributed by atoms with Gasteiger partial charge in [-0.05, 0) is 17.7 Å². The van der Waals surface area contributed by atoms with E-state index in [1.54, 1.807) is 0 Å². The van der Waals surface area contributed by atoms with Crippen molar-refractivity contribution in [3.63, 3.8) is 0 Å². The summed E-state index contributed by atoms with van der Waals surface area (Å²) < 4.78 is 0.748. The minimum atomic E-state index is -0.920. The molecule has 0 aromatic heterocycles. The molecular weight excluding hydrogens is 298 g/mol. The Morgan fingerprint density at radius 1 is 1.47 bits per heavy atom. The molecule has 1 unspecified atom stereocenters. The predicted molar refractivity (Wildman–Crippen MR) is 86.5 cm³/mol. The zero-order chi connectivity index (χ0) is 14.3. The quantitative estimate of drug-likeness (QED) is 0.836. The fraction of sp³-hybridized carbons (Fsp3) is 0.500. The second-order valence-corrected chi connectivity index (χ2v) is 7.88. The van der Waals surface area contributed by atoms with Crippen LogP contribution in [0.2, 0.25) is 5.02 Å². The molecule has 19 heavy (non-hydrogen) atoms. The maximum atomic E-state index is 11.0. The predicted octanol–water partition coefficient (Wildman–Crippen LogP) is 3.91. The van der Waals surface area contributed by atoms with E-state index in [0.29, 0.717) is 17.3 Å². The van der Waals surface area contributed by atoms with Crippen molar-refractivity contribution < 1.29 is 5.11 Å². The number of nitrogens with zero attached hydrogens (tertiary/aromatic N) is 1. The summed E-state index contributed by atoms with van der Waals surface area (Å²) in [6.07, 6.45) is 0. The van der Waals surface area contributed by atoms with Crippen molar-refractivity contribution in [3.05, 3.63) is 34.9 Å². The van der Waals surface area contributed by atoms with Gasteiger partial charge in [-0.3, -0.25) is 0 Å². The fourth-order valence-corrected chi connectivity index (χ4v) is 3.99. The number of hydrogen-bond acceptors (Lipinski definition) is 3. The number of thioether (sulfide) groups is 1. The Labute approximate surface area is 129 Å². The first kappa shape index (κ1) is 15.1. The third-order valence-corrected chi connectivity index (χ3v) is 5.32. The molecule has 104 valence electrons. The first-order valence-electron chi connectivity index (χ1n) is 6.15. The van der Waals surface area contributed by atoms with Gasteiger partial charge in [-0.25, -0.2) is 0 Å². The summed E-state index contributed by atoms with van der Waals surface area (Å²) in [5.41, 5.74) is -0.129. The maximum absolute atomic E-state index is 11.0. The number of halogens is 1. The molecule has 1 aliphatic heterocycles. The fourth-order valence-electron chi connectivity index (χ4n) is 2.10. The van der Waals surface area contributed by atoms with Gasteiger partial charge in [-0.15, -0.1) is 0 Å². The van der Waals surface area contributed by atoms with Crippen LogP contribution >= 0.6 is 35.6 Å². The highest BCUT2D eigenvalue weighted by Crippen LogP contribution is 2.43. The van der Waals surface area contributed by atoms with Gasteiger partial charge in [0, 0.05) is 22.7 Å². The molecule has 1 saturated heterocycles. The standard InChI is InChI=1S/C14H18ClNOS2/c1-13(2,3)14(17)9-19-12(18)16(14)8-10-5-4-6-11(15)7-10/h4-7,17H,8-9H2,1-3H3. The van der Waals surface area contributed by atoms with Gasteiger partial charge < -0.3 is 10.0 Å². The van der Waals surface area contributed by atoms with Crippen LogP contribution in [0.1, 0.15) is 26.3 Å². The van der Waals surface area contributed by atoms with E-state index in [9.17, 15) is 5.11 Å². The Bertz CT molecular complexity index is 500. The molecule has 1 fully saturated rings. The molecule has 1 heterocycles. The number of benzene rings is 1. The van der Waals surface area contributed by atoms with Crippen LogP contribution in [0.15, 0.2) is 24.3 Å².